The molecule has 0 aromatic rings. The zero-order valence-electron chi connectivity index (χ0n) is 10.7. The Balaban J connectivity index is 1.75. The topological polar surface area (TPSA) is 52.6 Å². The number of hydrogen-bond acceptors (Lipinski definition) is 3. The molecule has 2 fully saturated rings. The van der Waals surface area contributed by atoms with Crippen LogP contribution in [0.5, 0.6) is 0 Å². The van der Waals surface area contributed by atoms with E-state index in [0.717, 1.165) is 31.8 Å². The lowest BCUT2D eigenvalue weighted by Gasteiger charge is -2.33. The Hall–Kier alpha value is -0.610. The van der Waals surface area contributed by atoms with Crippen molar-refractivity contribution in [3.8, 4) is 0 Å². The van der Waals surface area contributed by atoms with Crippen LogP contribution in [0.1, 0.15) is 39.0 Å². The molecule has 2 N–H and O–H groups in total. The van der Waals surface area contributed by atoms with Crippen molar-refractivity contribution in [2.24, 2.45) is 5.92 Å². The van der Waals surface area contributed by atoms with Crippen LogP contribution in [-0.2, 0) is 4.79 Å². The summed E-state index contributed by atoms with van der Waals surface area (Å²) in [6, 6.07) is 0.0879. The fraction of sp³-hybridized carbons (Fsp3) is 0.923. The second-order valence-corrected chi connectivity index (χ2v) is 5.48. The summed E-state index contributed by atoms with van der Waals surface area (Å²) in [5.74, 6) is 0.153. The molecule has 1 heterocycles. The average molecular weight is 240 g/mol. The van der Waals surface area contributed by atoms with Crippen LogP contribution in [0.15, 0.2) is 0 Å². The van der Waals surface area contributed by atoms with E-state index in [1.54, 1.807) is 0 Å². The maximum Gasteiger partial charge on any atom is 0.322 e. The normalized spacial score (nSPS) is 24.8. The molecule has 98 valence electrons. The van der Waals surface area contributed by atoms with Crippen molar-refractivity contribution in [3.63, 3.8) is 0 Å². The van der Waals surface area contributed by atoms with Gasteiger partial charge in [0.2, 0.25) is 0 Å². The fourth-order valence-corrected chi connectivity index (χ4v) is 2.57. The fourth-order valence-electron chi connectivity index (χ4n) is 2.57. The molecule has 17 heavy (non-hydrogen) atoms. The quantitative estimate of drug-likeness (QED) is 0.735. The van der Waals surface area contributed by atoms with Gasteiger partial charge in [0.15, 0.2) is 0 Å². The standard InChI is InChI=1S/C13H24N2O2/c1-2-10-5-7-15(8-6-10)9-12(13(16)17)14-11-3-4-11/h10-12,14H,2-9H2,1H3,(H,16,17). The van der Waals surface area contributed by atoms with Crippen molar-refractivity contribution < 1.29 is 9.90 Å². The molecular formula is C13H24N2O2. The number of piperidine rings is 1. The van der Waals surface area contributed by atoms with E-state index >= 15 is 0 Å². The molecule has 1 aliphatic heterocycles. The maximum atomic E-state index is 11.2. The van der Waals surface area contributed by atoms with Crippen LogP contribution in [0, 0.1) is 5.92 Å². The molecule has 0 aromatic carbocycles. The molecule has 0 aromatic heterocycles. The first-order valence-electron chi connectivity index (χ1n) is 6.90. The molecule has 0 bridgehead atoms. The number of carbonyl (C=O) groups is 1. The number of nitrogens with one attached hydrogen (secondary N) is 1. The molecule has 1 unspecified atom stereocenters. The van der Waals surface area contributed by atoms with Crippen molar-refractivity contribution in [2.75, 3.05) is 19.6 Å². The summed E-state index contributed by atoms with van der Waals surface area (Å²) in [7, 11) is 0. The summed E-state index contributed by atoms with van der Waals surface area (Å²) in [4.78, 5) is 13.5. The number of rotatable bonds is 6. The molecular weight excluding hydrogens is 216 g/mol. The number of hydrogen-bond donors (Lipinski definition) is 2. The largest absolute Gasteiger partial charge is 0.480 e. The van der Waals surface area contributed by atoms with Crippen LogP contribution in [0.2, 0.25) is 0 Å². The number of likely N-dealkylation sites (tertiary alicyclic amines) is 1. The van der Waals surface area contributed by atoms with Crippen LogP contribution >= 0.6 is 0 Å². The summed E-state index contributed by atoms with van der Waals surface area (Å²) < 4.78 is 0. The van der Waals surface area contributed by atoms with Crippen LogP contribution < -0.4 is 5.32 Å². The zero-order chi connectivity index (χ0) is 12.3. The van der Waals surface area contributed by atoms with Crippen molar-refractivity contribution in [1.82, 2.24) is 10.2 Å². The van der Waals surface area contributed by atoms with Gasteiger partial charge in [0.05, 0.1) is 0 Å². The van der Waals surface area contributed by atoms with Gasteiger partial charge in [-0.2, -0.15) is 0 Å². The predicted octanol–water partition coefficient (Wildman–Crippen LogP) is 1.31. The van der Waals surface area contributed by atoms with Crippen LogP contribution in [0.3, 0.4) is 0 Å². The second-order valence-electron chi connectivity index (χ2n) is 5.48. The van der Waals surface area contributed by atoms with Gasteiger partial charge in [0, 0.05) is 12.6 Å². The summed E-state index contributed by atoms with van der Waals surface area (Å²) in [6.45, 7) is 5.04. The van der Waals surface area contributed by atoms with Crippen LogP contribution in [-0.4, -0.2) is 47.7 Å². The third-order valence-corrected chi connectivity index (χ3v) is 4.04. The molecule has 4 nitrogen and oxygen atoms in total. The van der Waals surface area contributed by atoms with Gasteiger partial charge >= 0.3 is 5.97 Å². The Bertz CT molecular complexity index is 258. The summed E-state index contributed by atoms with van der Waals surface area (Å²) in [6.07, 6.45) is 6.00. The summed E-state index contributed by atoms with van der Waals surface area (Å²) >= 11 is 0. The Morgan fingerprint density at radius 2 is 2.00 bits per heavy atom. The minimum Gasteiger partial charge on any atom is -0.480 e. The molecule has 0 amide bonds. The van der Waals surface area contributed by atoms with Gasteiger partial charge < -0.3 is 15.3 Å². The van der Waals surface area contributed by atoms with E-state index in [1.165, 1.54) is 19.3 Å². The van der Waals surface area contributed by atoms with Gasteiger partial charge in [-0.1, -0.05) is 13.3 Å². The van der Waals surface area contributed by atoms with E-state index in [2.05, 4.69) is 17.1 Å². The van der Waals surface area contributed by atoms with Crippen molar-refractivity contribution in [3.05, 3.63) is 0 Å². The highest BCUT2D eigenvalue weighted by molar-refractivity contribution is 5.73. The average Bonchev–Trinajstić information content (AvgIpc) is 3.13. The number of carboxylic acids is 1. The van der Waals surface area contributed by atoms with Gasteiger partial charge in [-0.3, -0.25) is 4.79 Å². The summed E-state index contributed by atoms with van der Waals surface area (Å²) in [5.41, 5.74) is 0. The Morgan fingerprint density at radius 1 is 1.35 bits per heavy atom. The smallest absolute Gasteiger partial charge is 0.322 e. The van der Waals surface area contributed by atoms with E-state index in [1.807, 2.05) is 0 Å². The van der Waals surface area contributed by atoms with Crippen LogP contribution in [0.25, 0.3) is 0 Å². The highest BCUT2D eigenvalue weighted by Gasteiger charge is 2.30. The highest BCUT2D eigenvalue weighted by Crippen LogP contribution is 2.22. The molecule has 1 atom stereocenters. The van der Waals surface area contributed by atoms with E-state index in [0.29, 0.717) is 12.6 Å². The van der Waals surface area contributed by atoms with Gasteiger partial charge in [-0.25, -0.2) is 0 Å². The minimum atomic E-state index is -0.700. The number of carboxylic acid groups (broad SMARTS) is 1. The first-order valence-corrected chi connectivity index (χ1v) is 6.90. The van der Waals surface area contributed by atoms with Crippen LogP contribution in [0.4, 0.5) is 0 Å². The zero-order valence-corrected chi connectivity index (χ0v) is 10.7. The molecule has 2 aliphatic rings. The number of nitrogens with zero attached hydrogens (tertiary/aromatic N) is 1. The molecule has 0 radical (unpaired) electrons. The van der Waals surface area contributed by atoms with Crippen molar-refractivity contribution in [2.45, 2.75) is 51.1 Å². The molecule has 0 spiro atoms. The lowest BCUT2D eigenvalue weighted by molar-refractivity contribution is -0.140. The van der Waals surface area contributed by atoms with E-state index in [4.69, 9.17) is 0 Å². The molecule has 1 saturated heterocycles. The Morgan fingerprint density at radius 3 is 2.47 bits per heavy atom. The molecule has 4 heteroatoms. The van der Waals surface area contributed by atoms with Gasteiger partial charge in [-0.05, 0) is 44.7 Å². The van der Waals surface area contributed by atoms with Crippen molar-refractivity contribution >= 4 is 5.97 Å². The molecule has 1 saturated carbocycles. The number of aliphatic carboxylic acids is 1. The first-order chi connectivity index (χ1) is 8.19. The molecule has 2 rings (SSSR count). The Kier molecular flexibility index (Phi) is 4.40. The summed E-state index contributed by atoms with van der Waals surface area (Å²) in [5, 5.41) is 12.4. The SMILES string of the molecule is CCC1CCN(CC(NC2CC2)C(=O)O)CC1. The minimum absolute atomic E-state index is 0.374. The second kappa shape index (κ2) is 5.83. The predicted molar refractivity (Wildman–Crippen MR) is 67.0 cm³/mol. The van der Waals surface area contributed by atoms with E-state index < -0.39 is 5.97 Å². The molecule has 1 aliphatic carbocycles. The lowest BCUT2D eigenvalue weighted by Crippen LogP contribution is -2.48. The maximum absolute atomic E-state index is 11.2. The van der Waals surface area contributed by atoms with Gasteiger partial charge in [-0.15, -0.1) is 0 Å². The first kappa shape index (κ1) is 12.8. The van der Waals surface area contributed by atoms with Crippen molar-refractivity contribution in [1.29, 1.82) is 0 Å². The van der Waals surface area contributed by atoms with Gasteiger partial charge in [0.1, 0.15) is 6.04 Å². The third kappa shape index (κ3) is 3.96. The third-order valence-electron chi connectivity index (χ3n) is 4.04. The monoisotopic (exact) mass is 240 g/mol. The van der Waals surface area contributed by atoms with E-state index in [9.17, 15) is 9.90 Å². The lowest BCUT2D eigenvalue weighted by atomic mass is 9.94. The van der Waals surface area contributed by atoms with Gasteiger partial charge in [0.25, 0.3) is 0 Å². The Labute approximate surface area is 103 Å². The highest BCUT2D eigenvalue weighted by atomic mass is 16.4. The van der Waals surface area contributed by atoms with E-state index in [-0.39, 0.29) is 6.04 Å².